The van der Waals surface area contributed by atoms with Crippen molar-refractivity contribution in [2.45, 2.75) is 49.3 Å². The van der Waals surface area contributed by atoms with Crippen molar-refractivity contribution < 1.29 is 30.8 Å². The third-order valence-corrected chi connectivity index (χ3v) is 9.86. The number of rotatable bonds is 5. The number of fused-ring (bicyclic) bond motifs is 1. The van der Waals surface area contributed by atoms with E-state index in [1.54, 1.807) is 6.07 Å². The Morgan fingerprint density at radius 1 is 0.969 bits per heavy atom. The molecule has 0 bridgehead atoms. The number of nitrogens with zero attached hydrogens (tertiary/aromatic N) is 2. The van der Waals surface area contributed by atoms with Gasteiger partial charge in [-0.15, -0.1) is 0 Å². The molecule has 1 fully saturated rings. The second kappa shape index (κ2) is 8.20. The van der Waals surface area contributed by atoms with Crippen molar-refractivity contribution in [3.8, 4) is 0 Å². The number of hydrogen-bond acceptors (Lipinski definition) is 7. The number of sulfonamides is 2. The van der Waals surface area contributed by atoms with Gasteiger partial charge in [0.15, 0.2) is 0 Å². The van der Waals surface area contributed by atoms with Crippen LogP contribution in [-0.4, -0.2) is 53.9 Å². The van der Waals surface area contributed by atoms with E-state index in [1.807, 2.05) is 0 Å². The monoisotopic (exact) mass is 482 g/mol. The Kier molecular flexibility index (Phi) is 5.84. The maximum absolute atomic E-state index is 13.5. The van der Waals surface area contributed by atoms with Crippen molar-refractivity contribution in [1.82, 2.24) is 4.31 Å². The number of carbonyl (C=O) groups excluding carboxylic acids is 1. The Balaban J connectivity index is 1.73. The minimum atomic E-state index is -4.14. The molecular weight excluding hydrogens is 456 g/mol. The molecule has 2 aliphatic rings. The van der Waals surface area contributed by atoms with Crippen molar-refractivity contribution in [2.75, 3.05) is 31.0 Å². The summed E-state index contributed by atoms with van der Waals surface area (Å²) in [4.78, 5) is 12.2. The minimum Gasteiger partial charge on any atom is -0.465 e. The van der Waals surface area contributed by atoms with Crippen molar-refractivity contribution in [3.63, 3.8) is 0 Å². The summed E-state index contributed by atoms with van der Waals surface area (Å²) < 4.78 is 66.0. The fraction of sp³-hybridized carbons (Fsp3) is 0.476. The zero-order valence-corrected chi connectivity index (χ0v) is 19.9. The van der Waals surface area contributed by atoms with Crippen LogP contribution >= 0.6 is 0 Å². The first-order chi connectivity index (χ1) is 15.1. The molecule has 9 nitrogen and oxygen atoms in total. The molecule has 4 rings (SSSR count). The zero-order valence-electron chi connectivity index (χ0n) is 18.3. The molecular formula is C21H26N2O7S2. The summed E-state index contributed by atoms with van der Waals surface area (Å²) in [6, 6.07) is 4.53. The predicted molar refractivity (Wildman–Crippen MR) is 117 cm³/mol. The molecule has 32 heavy (non-hydrogen) atoms. The molecule has 11 heteroatoms. The first-order valence-corrected chi connectivity index (χ1v) is 13.3. The van der Waals surface area contributed by atoms with Gasteiger partial charge in [0, 0.05) is 19.6 Å². The highest BCUT2D eigenvalue weighted by molar-refractivity contribution is 7.93. The van der Waals surface area contributed by atoms with Crippen molar-refractivity contribution in [1.29, 1.82) is 0 Å². The van der Waals surface area contributed by atoms with Gasteiger partial charge in [0.2, 0.25) is 10.0 Å². The van der Waals surface area contributed by atoms with E-state index in [9.17, 15) is 21.6 Å². The van der Waals surface area contributed by atoms with Crippen LogP contribution in [0.4, 0.5) is 5.69 Å². The molecule has 1 aromatic carbocycles. The van der Waals surface area contributed by atoms with Crippen LogP contribution in [0.5, 0.6) is 0 Å². The third kappa shape index (κ3) is 3.61. The number of methoxy groups -OCH3 is 1. The van der Waals surface area contributed by atoms with Gasteiger partial charge >= 0.3 is 5.97 Å². The first kappa shape index (κ1) is 22.8. The molecule has 0 radical (unpaired) electrons. The summed E-state index contributed by atoms with van der Waals surface area (Å²) in [7, 11) is -6.59. The maximum atomic E-state index is 13.5. The van der Waals surface area contributed by atoms with E-state index in [2.05, 4.69) is 0 Å². The van der Waals surface area contributed by atoms with Crippen LogP contribution in [0.3, 0.4) is 0 Å². The summed E-state index contributed by atoms with van der Waals surface area (Å²) in [5.41, 5.74) is 0.906. The smallest absolute Gasteiger partial charge is 0.342 e. The maximum Gasteiger partial charge on any atom is 0.342 e. The van der Waals surface area contributed by atoms with Gasteiger partial charge in [0.05, 0.1) is 17.7 Å². The van der Waals surface area contributed by atoms with E-state index >= 15 is 0 Å². The number of furan rings is 1. The van der Waals surface area contributed by atoms with Gasteiger partial charge < -0.3 is 9.15 Å². The number of esters is 1. The van der Waals surface area contributed by atoms with Gasteiger partial charge in [0.25, 0.3) is 10.0 Å². The molecule has 1 saturated heterocycles. The molecule has 0 unspecified atom stereocenters. The lowest BCUT2D eigenvalue weighted by atomic mass is 10.2. The zero-order chi connectivity index (χ0) is 23.3. The van der Waals surface area contributed by atoms with Gasteiger partial charge in [-0.3, -0.25) is 4.31 Å². The topological polar surface area (TPSA) is 114 Å². The lowest BCUT2D eigenvalue weighted by Gasteiger charge is -2.26. The summed E-state index contributed by atoms with van der Waals surface area (Å²) in [6.45, 7) is 4.12. The predicted octanol–water partition coefficient (Wildman–Crippen LogP) is 2.61. The largest absolute Gasteiger partial charge is 0.465 e. The molecule has 1 aromatic heterocycles. The van der Waals surface area contributed by atoms with Gasteiger partial charge in [-0.25, -0.2) is 21.6 Å². The number of carbonyl (C=O) groups is 1. The molecule has 0 aliphatic carbocycles. The van der Waals surface area contributed by atoms with Crippen LogP contribution in [0.25, 0.3) is 0 Å². The van der Waals surface area contributed by atoms with Crippen molar-refractivity contribution in [2.24, 2.45) is 0 Å². The Labute approximate surface area is 188 Å². The van der Waals surface area contributed by atoms with E-state index in [4.69, 9.17) is 9.15 Å². The third-order valence-electron chi connectivity index (χ3n) is 6.00. The Hall–Kier alpha value is -2.37. The molecule has 174 valence electrons. The van der Waals surface area contributed by atoms with Gasteiger partial charge in [-0.05, 0) is 56.9 Å². The fourth-order valence-corrected chi connectivity index (χ4v) is 7.88. The quantitative estimate of drug-likeness (QED) is 0.602. The number of hydrogen-bond donors (Lipinski definition) is 0. The van der Waals surface area contributed by atoms with E-state index in [-0.39, 0.29) is 33.4 Å². The normalized spacial score (nSPS) is 17.4. The van der Waals surface area contributed by atoms with Crippen LogP contribution in [0.2, 0.25) is 0 Å². The van der Waals surface area contributed by atoms with Gasteiger partial charge in [-0.2, -0.15) is 4.31 Å². The molecule has 0 saturated carbocycles. The highest BCUT2D eigenvalue weighted by Gasteiger charge is 2.39. The SMILES string of the molecule is COC(=O)c1c(C)oc(C)c1S(=O)(=O)N1CCc2cc(S(=O)(=O)N3CCCCC3)ccc21. The summed E-state index contributed by atoms with van der Waals surface area (Å²) in [6.07, 6.45) is 3.05. The van der Waals surface area contributed by atoms with Crippen LogP contribution in [0.1, 0.15) is 46.7 Å². The molecule has 0 N–H and O–H groups in total. The molecule has 0 amide bonds. The summed E-state index contributed by atoms with van der Waals surface area (Å²) in [5, 5.41) is 0. The second-order valence-electron chi connectivity index (χ2n) is 7.99. The lowest BCUT2D eigenvalue weighted by molar-refractivity contribution is 0.0595. The Morgan fingerprint density at radius 2 is 1.66 bits per heavy atom. The molecule has 2 aliphatic heterocycles. The highest BCUT2D eigenvalue weighted by atomic mass is 32.2. The van der Waals surface area contributed by atoms with Crippen LogP contribution in [-0.2, 0) is 31.2 Å². The molecule has 3 heterocycles. The second-order valence-corrected chi connectivity index (χ2v) is 11.7. The van der Waals surface area contributed by atoms with E-state index in [0.717, 1.165) is 19.3 Å². The fourth-order valence-electron chi connectivity index (χ4n) is 4.43. The number of benzene rings is 1. The molecule has 0 spiro atoms. The average molecular weight is 483 g/mol. The summed E-state index contributed by atoms with van der Waals surface area (Å²) >= 11 is 0. The lowest BCUT2D eigenvalue weighted by Crippen LogP contribution is -2.35. The number of ether oxygens (including phenoxy) is 1. The van der Waals surface area contributed by atoms with Gasteiger partial charge in [0.1, 0.15) is 22.0 Å². The number of aryl methyl sites for hydroxylation is 2. The molecule has 0 atom stereocenters. The highest BCUT2D eigenvalue weighted by Crippen LogP contribution is 2.38. The Morgan fingerprint density at radius 3 is 2.31 bits per heavy atom. The standard InChI is InChI=1S/C21H26N2O7S2/c1-14-19(21(24)29-3)20(15(2)30-14)32(27,28)23-12-9-16-13-17(7-8-18(16)23)31(25,26)22-10-5-4-6-11-22/h7-8,13H,4-6,9-12H2,1-3H3. The van der Waals surface area contributed by atoms with Crippen LogP contribution < -0.4 is 4.31 Å². The van der Waals surface area contributed by atoms with Crippen LogP contribution in [0, 0.1) is 13.8 Å². The van der Waals surface area contributed by atoms with Crippen LogP contribution in [0.15, 0.2) is 32.4 Å². The molecule has 2 aromatic rings. The number of piperidine rings is 1. The van der Waals surface area contributed by atoms with Crippen molar-refractivity contribution in [3.05, 3.63) is 40.8 Å². The Bertz CT molecular complexity index is 1270. The van der Waals surface area contributed by atoms with E-state index in [1.165, 1.54) is 41.7 Å². The average Bonchev–Trinajstić information content (AvgIpc) is 3.34. The van der Waals surface area contributed by atoms with Crippen molar-refractivity contribution >= 4 is 31.7 Å². The van der Waals surface area contributed by atoms with E-state index < -0.39 is 26.0 Å². The minimum absolute atomic E-state index is 0.0978. The number of anilines is 1. The summed E-state index contributed by atoms with van der Waals surface area (Å²) in [5.74, 6) is -0.531. The first-order valence-electron chi connectivity index (χ1n) is 10.4. The van der Waals surface area contributed by atoms with Gasteiger partial charge in [-0.1, -0.05) is 6.42 Å². The van der Waals surface area contributed by atoms with E-state index in [0.29, 0.717) is 30.8 Å².